The largest absolute Gasteiger partial charge is 0.496 e. The summed E-state index contributed by atoms with van der Waals surface area (Å²) in [6.07, 6.45) is 0. The first-order valence-corrected chi connectivity index (χ1v) is 8.65. The molecule has 0 aliphatic carbocycles. The smallest absolute Gasteiger partial charge is 0.264 e. The van der Waals surface area contributed by atoms with Crippen LogP contribution >= 0.6 is 11.6 Å². The molecule has 118 valence electrons. The molecule has 0 spiro atoms. The number of ether oxygens (including phenoxy) is 1. The highest BCUT2D eigenvalue weighted by Crippen LogP contribution is 2.27. The summed E-state index contributed by atoms with van der Waals surface area (Å²) in [6.45, 7) is 3.94. The number of anilines is 1. The molecule has 4 nitrogen and oxygen atoms in total. The van der Waals surface area contributed by atoms with Gasteiger partial charge < -0.3 is 4.74 Å². The van der Waals surface area contributed by atoms with Crippen LogP contribution in [0.4, 0.5) is 5.69 Å². The van der Waals surface area contributed by atoms with Gasteiger partial charge in [-0.25, -0.2) is 8.42 Å². The molecule has 22 heavy (non-hydrogen) atoms. The van der Waals surface area contributed by atoms with Crippen LogP contribution in [0.15, 0.2) is 47.4 Å². The quantitative estimate of drug-likeness (QED) is 0.830. The summed E-state index contributed by atoms with van der Waals surface area (Å²) in [6, 6.07) is 11.6. The van der Waals surface area contributed by atoms with Crippen LogP contribution in [0, 0.1) is 6.92 Å². The first kappa shape index (κ1) is 16.6. The van der Waals surface area contributed by atoms with Crippen LogP contribution in [0.5, 0.6) is 5.75 Å². The lowest BCUT2D eigenvalue weighted by molar-refractivity contribution is 0.411. The summed E-state index contributed by atoms with van der Waals surface area (Å²) in [5, 5.41) is 0.567. The minimum Gasteiger partial charge on any atom is -0.496 e. The number of hydrogen-bond acceptors (Lipinski definition) is 3. The number of benzene rings is 2. The fraction of sp³-hybridized carbons (Fsp3) is 0.250. The van der Waals surface area contributed by atoms with E-state index in [9.17, 15) is 8.42 Å². The molecule has 0 amide bonds. The maximum Gasteiger partial charge on any atom is 0.264 e. The van der Waals surface area contributed by atoms with Crippen LogP contribution in [0.3, 0.4) is 0 Å². The number of hydrogen-bond donors (Lipinski definition) is 0. The summed E-state index contributed by atoms with van der Waals surface area (Å²) in [7, 11) is -2.07. The molecule has 0 aliphatic rings. The molecule has 0 heterocycles. The van der Waals surface area contributed by atoms with Crippen molar-refractivity contribution < 1.29 is 13.2 Å². The number of rotatable bonds is 5. The van der Waals surface area contributed by atoms with Gasteiger partial charge in [-0.05, 0) is 61.9 Å². The fourth-order valence-corrected chi connectivity index (χ4v) is 3.92. The summed E-state index contributed by atoms with van der Waals surface area (Å²) in [4.78, 5) is 0.239. The van der Waals surface area contributed by atoms with Gasteiger partial charge in [-0.2, -0.15) is 0 Å². The molecule has 0 unspecified atom stereocenters. The standard InChI is InChI=1S/C16H18ClNO3S/c1-4-18(14-7-5-13(17)6-8-14)22(19,20)15-9-10-16(21-3)12(2)11-15/h5-11H,4H2,1-3H3. The van der Waals surface area contributed by atoms with E-state index in [0.29, 0.717) is 23.0 Å². The fourth-order valence-electron chi connectivity index (χ4n) is 2.24. The van der Waals surface area contributed by atoms with E-state index in [4.69, 9.17) is 16.3 Å². The number of nitrogens with zero attached hydrogens (tertiary/aromatic N) is 1. The molecule has 0 saturated heterocycles. The van der Waals surface area contributed by atoms with Gasteiger partial charge in [-0.3, -0.25) is 4.31 Å². The van der Waals surface area contributed by atoms with E-state index in [1.54, 1.807) is 56.5 Å². The van der Waals surface area contributed by atoms with Crippen molar-refractivity contribution in [1.29, 1.82) is 0 Å². The third kappa shape index (κ3) is 3.20. The van der Waals surface area contributed by atoms with Crippen LogP contribution in [-0.4, -0.2) is 22.1 Å². The second-order valence-electron chi connectivity index (χ2n) is 4.78. The molecule has 0 bridgehead atoms. The second kappa shape index (κ2) is 6.58. The van der Waals surface area contributed by atoms with Gasteiger partial charge >= 0.3 is 0 Å². The Morgan fingerprint density at radius 3 is 2.27 bits per heavy atom. The highest BCUT2D eigenvalue weighted by atomic mass is 35.5. The van der Waals surface area contributed by atoms with E-state index < -0.39 is 10.0 Å². The van der Waals surface area contributed by atoms with Gasteiger partial charge in [0.1, 0.15) is 5.75 Å². The normalized spacial score (nSPS) is 11.3. The average molecular weight is 340 g/mol. The first-order chi connectivity index (χ1) is 10.4. The zero-order valence-electron chi connectivity index (χ0n) is 12.7. The van der Waals surface area contributed by atoms with E-state index in [0.717, 1.165) is 5.56 Å². The van der Waals surface area contributed by atoms with E-state index in [-0.39, 0.29) is 4.90 Å². The van der Waals surface area contributed by atoms with E-state index in [1.807, 2.05) is 6.92 Å². The Morgan fingerprint density at radius 1 is 1.14 bits per heavy atom. The summed E-state index contributed by atoms with van der Waals surface area (Å²) >= 11 is 5.86. The molecule has 2 aromatic rings. The van der Waals surface area contributed by atoms with Gasteiger partial charge in [-0.15, -0.1) is 0 Å². The van der Waals surface area contributed by atoms with Gasteiger partial charge in [0, 0.05) is 11.6 Å². The highest BCUT2D eigenvalue weighted by Gasteiger charge is 2.24. The maximum atomic E-state index is 12.9. The zero-order valence-corrected chi connectivity index (χ0v) is 14.3. The molecular formula is C16H18ClNO3S. The number of halogens is 1. The topological polar surface area (TPSA) is 46.6 Å². The summed E-state index contributed by atoms with van der Waals surface area (Å²) < 4.78 is 32.2. The summed E-state index contributed by atoms with van der Waals surface area (Å²) in [5.41, 5.74) is 1.36. The molecule has 2 aromatic carbocycles. The van der Waals surface area contributed by atoms with Gasteiger partial charge in [0.15, 0.2) is 0 Å². The van der Waals surface area contributed by atoms with E-state index in [2.05, 4.69) is 0 Å². The molecule has 0 fully saturated rings. The van der Waals surface area contributed by atoms with Crippen molar-refractivity contribution in [3.05, 3.63) is 53.1 Å². The van der Waals surface area contributed by atoms with Crippen molar-refractivity contribution >= 4 is 27.3 Å². The number of aryl methyl sites for hydroxylation is 1. The third-order valence-corrected chi connectivity index (χ3v) is 5.51. The lowest BCUT2D eigenvalue weighted by Gasteiger charge is -2.23. The van der Waals surface area contributed by atoms with E-state index in [1.165, 1.54) is 4.31 Å². The van der Waals surface area contributed by atoms with Crippen molar-refractivity contribution in [3.63, 3.8) is 0 Å². The molecule has 0 radical (unpaired) electrons. The second-order valence-corrected chi connectivity index (χ2v) is 7.08. The average Bonchev–Trinajstić information content (AvgIpc) is 2.49. The number of methoxy groups -OCH3 is 1. The Morgan fingerprint density at radius 2 is 1.77 bits per heavy atom. The van der Waals surface area contributed by atoms with Gasteiger partial charge in [0.25, 0.3) is 10.0 Å². The molecule has 0 aromatic heterocycles. The lowest BCUT2D eigenvalue weighted by atomic mass is 10.2. The molecule has 0 N–H and O–H groups in total. The van der Waals surface area contributed by atoms with Gasteiger partial charge in [-0.1, -0.05) is 11.6 Å². The van der Waals surface area contributed by atoms with Crippen molar-refractivity contribution in [2.24, 2.45) is 0 Å². The van der Waals surface area contributed by atoms with Crippen molar-refractivity contribution in [1.82, 2.24) is 0 Å². The van der Waals surface area contributed by atoms with Crippen LogP contribution in [0.2, 0.25) is 5.02 Å². The van der Waals surface area contributed by atoms with Crippen LogP contribution < -0.4 is 9.04 Å². The predicted molar refractivity (Wildman–Crippen MR) is 89.4 cm³/mol. The Kier molecular flexibility index (Phi) is 4.98. The maximum absolute atomic E-state index is 12.9. The summed E-state index contributed by atoms with van der Waals surface area (Å²) in [5.74, 6) is 0.661. The number of sulfonamides is 1. The van der Waals surface area contributed by atoms with Crippen LogP contribution in [-0.2, 0) is 10.0 Å². The third-order valence-electron chi connectivity index (χ3n) is 3.36. The molecule has 0 atom stereocenters. The first-order valence-electron chi connectivity index (χ1n) is 6.83. The molecular weight excluding hydrogens is 322 g/mol. The Hall–Kier alpha value is -1.72. The Bertz CT molecular complexity index is 757. The van der Waals surface area contributed by atoms with Crippen molar-refractivity contribution in [2.75, 3.05) is 18.0 Å². The Labute approximate surface area is 136 Å². The predicted octanol–water partition coefficient (Wildman–Crippen LogP) is 3.87. The lowest BCUT2D eigenvalue weighted by Crippen LogP contribution is -2.30. The van der Waals surface area contributed by atoms with Crippen molar-refractivity contribution in [2.45, 2.75) is 18.7 Å². The van der Waals surface area contributed by atoms with Gasteiger partial charge in [0.2, 0.25) is 0 Å². The molecule has 0 aliphatic heterocycles. The molecule has 6 heteroatoms. The van der Waals surface area contributed by atoms with Crippen LogP contribution in [0.25, 0.3) is 0 Å². The minimum absolute atomic E-state index is 0.239. The monoisotopic (exact) mass is 339 g/mol. The Balaban J connectivity index is 2.47. The SMILES string of the molecule is CCN(c1ccc(Cl)cc1)S(=O)(=O)c1ccc(OC)c(C)c1. The van der Waals surface area contributed by atoms with Crippen molar-refractivity contribution in [3.8, 4) is 5.75 Å². The highest BCUT2D eigenvalue weighted by molar-refractivity contribution is 7.92. The molecule has 2 rings (SSSR count). The van der Waals surface area contributed by atoms with E-state index >= 15 is 0 Å². The van der Waals surface area contributed by atoms with Crippen LogP contribution in [0.1, 0.15) is 12.5 Å². The molecule has 0 saturated carbocycles. The minimum atomic E-state index is -3.63. The zero-order chi connectivity index (χ0) is 16.3. The van der Waals surface area contributed by atoms with Gasteiger partial charge in [0.05, 0.1) is 17.7 Å².